The second-order valence-electron chi connectivity index (χ2n) is 5.64. The highest BCUT2D eigenvalue weighted by atomic mass is 14.9. The molecule has 3 aromatic rings. The molecule has 0 unspecified atom stereocenters. The molecule has 0 saturated carbocycles. The zero-order valence-electron chi connectivity index (χ0n) is 12.8. The molecule has 0 aliphatic carbocycles. The summed E-state index contributed by atoms with van der Waals surface area (Å²) in [5, 5.41) is 2.67. The van der Waals surface area contributed by atoms with Crippen LogP contribution in [-0.4, -0.2) is 4.57 Å². The molecule has 1 nitrogen and oxygen atoms in total. The molecule has 0 aliphatic rings. The van der Waals surface area contributed by atoms with Gasteiger partial charge in [0.05, 0.1) is 11.0 Å². The number of para-hydroxylation sites is 2. The van der Waals surface area contributed by atoms with Gasteiger partial charge in [0.1, 0.15) is 0 Å². The van der Waals surface area contributed by atoms with Gasteiger partial charge in [-0.3, -0.25) is 0 Å². The highest BCUT2D eigenvalue weighted by Gasteiger charge is 2.06. The van der Waals surface area contributed by atoms with E-state index < -0.39 is 0 Å². The van der Waals surface area contributed by atoms with Crippen molar-refractivity contribution in [2.45, 2.75) is 39.0 Å². The Morgan fingerprint density at radius 1 is 0.810 bits per heavy atom. The summed E-state index contributed by atoms with van der Waals surface area (Å²) in [5.74, 6) is 0. The molecule has 1 heteroatoms. The minimum Gasteiger partial charge on any atom is -0.316 e. The van der Waals surface area contributed by atoms with E-state index >= 15 is 0 Å². The Hall–Kier alpha value is -2.02. The van der Waals surface area contributed by atoms with Gasteiger partial charge < -0.3 is 4.57 Å². The molecule has 0 saturated heterocycles. The zero-order chi connectivity index (χ0) is 14.5. The van der Waals surface area contributed by atoms with E-state index in [4.69, 9.17) is 0 Å². The Morgan fingerprint density at radius 2 is 1.43 bits per heavy atom. The van der Waals surface area contributed by atoms with Gasteiger partial charge in [-0.2, -0.15) is 0 Å². The Bertz CT molecular complexity index is 695. The highest BCUT2D eigenvalue weighted by Crippen LogP contribution is 2.28. The number of fused-ring (bicyclic) bond motifs is 3. The van der Waals surface area contributed by atoms with Crippen LogP contribution in [0.1, 0.15) is 39.0 Å². The summed E-state index contributed by atoms with van der Waals surface area (Å²) in [5.41, 5.74) is 2.59. The first-order valence-corrected chi connectivity index (χ1v) is 8.06. The molecule has 0 atom stereocenters. The standard InChI is InChI=1S/C20H23N/c1-2-3-4-5-6-11-16-21-19-14-9-7-12-17(19)18-13-8-10-15-20(18)21/h7-16H,2-6H2,1H3/b16-11+. The van der Waals surface area contributed by atoms with E-state index in [1.165, 1.54) is 53.9 Å². The summed E-state index contributed by atoms with van der Waals surface area (Å²) >= 11 is 0. The molecule has 0 N–H and O–H groups in total. The second kappa shape index (κ2) is 6.62. The predicted molar refractivity (Wildman–Crippen MR) is 93.5 cm³/mol. The van der Waals surface area contributed by atoms with Crippen LogP contribution in [0, 0.1) is 0 Å². The van der Waals surface area contributed by atoms with Crippen LogP contribution in [0.15, 0.2) is 54.6 Å². The number of nitrogens with zero attached hydrogens (tertiary/aromatic N) is 1. The summed E-state index contributed by atoms with van der Waals surface area (Å²) < 4.78 is 2.32. The number of benzene rings is 2. The zero-order valence-corrected chi connectivity index (χ0v) is 12.8. The van der Waals surface area contributed by atoms with Crippen molar-refractivity contribution >= 4 is 28.0 Å². The fraction of sp³-hybridized carbons (Fsp3) is 0.300. The first-order chi connectivity index (χ1) is 10.4. The van der Waals surface area contributed by atoms with Gasteiger partial charge in [-0.25, -0.2) is 0 Å². The van der Waals surface area contributed by atoms with E-state index in [0.29, 0.717) is 0 Å². The van der Waals surface area contributed by atoms with Crippen LogP contribution in [0.2, 0.25) is 0 Å². The average molecular weight is 277 g/mol. The minimum absolute atomic E-state index is 1.17. The van der Waals surface area contributed by atoms with Crippen molar-refractivity contribution in [3.63, 3.8) is 0 Å². The lowest BCUT2D eigenvalue weighted by Gasteiger charge is -2.00. The maximum atomic E-state index is 2.32. The summed E-state index contributed by atoms with van der Waals surface area (Å²) in [6.45, 7) is 2.26. The van der Waals surface area contributed by atoms with Gasteiger partial charge in [-0.1, -0.05) is 68.7 Å². The molecule has 1 heterocycles. The lowest BCUT2D eigenvalue weighted by Crippen LogP contribution is -1.85. The molecule has 2 aromatic carbocycles. The van der Waals surface area contributed by atoms with E-state index in [0.717, 1.165) is 0 Å². The molecular weight excluding hydrogens is 254 g/mol. The number of rotatable bonds is 6. The van der Waals surface area contributed by atoms with E-state index in [9.17, 15) is 0 Å². The smallest absolute Gasteiger partial charge is 0.0534 e. The summed E-state index contributed by atoms with van der Waals surface area (Å²) in [6, 6.07) is 17.3. The van der Waals surface area contributed by atoms with Crippen molar-refractivity contribution in [1.29, 1.82) is 0 Å². The molecule has 0 fully saturated rings. The molecule has 0 radical (unpaired) electrons. The third-order valence-electron chi connectivity index (χ3n) is 4.10. The number of allylic oxidation sites excluding steroid dienone is 1. The topological polar surface area (TPSA) is 4.93 Å². The summed E-state index contributed by atoms with van der Waals surface area (Å²) in [4.78, 5) is 0. The third-order valence-corrected chi connectivity index (χ3v) is 4.10. The van der Waals surface area contributed by atoms with Crippen LogP contribution >= 0.6 is 0 Å². The number of hydrogen-bond donors (Lipinski definition) is 0. The van der Waals surface area contributed by atoms with Gasteiger partial charge in [0.15, 0.2) is 0 Å². The Labute approximate surface area is 126 Å². The molecule has 0 amide bonds. The van der Waals surface area contributed by atoms with E-state index in [1.807, 2.05) is 0 Å². The molecule has 0 spiro atoms. The Kier molecular flexibility index (Phi) is 4.40. The van der Waals surface area contributed by atoms with Crippen LogP contribution in [0.4, 0.5) is 0 Å². The quantitative estimate of drug-likeness (QED) is 0.470. The number of aromatic nitrogens is 1. The van der Waals surface area contributed by atoms with Crippen molar-refractivity contribution in [2.24, 2.45) is 0 Å². The fourth-order valence-electron chi connectivity index (χ4n) is 2.98. The maximum absolute atomic E-state index is 2.32. The first kappa shape index (κ1) is 13.9. The van der Waals surface area contributed by atoms with Crippen molar-refractivity contribution in [1.82, 2.24) is 4.57 Å². The fourth-order valence-corrected chi connectivity index (χ4v) is 2.98. The lowest BCUT2D eigenvalue weighted by molar-refractivity contribution is 0.675. The van der Waals surface area contributed by atoms with Crippen LogP contribution in [0.5, 0.6) is 0 Å². The van der Waals surface area contributed by atoms with Gasteiger partial charge in [0, 0.05) is 17.0 Å². The van der Waals surface area contributed by atoms with Gasteiger partial charge in [-0.15, -0.1) is 0 Å². The number of hydrogen-bond acceptors (Lipinski definition) is 0. The largest absolute Gasteiger partial charge is 0.316 e. The third kappa shape index (κ3) is 2.87. The highest BCUT2D eigenvalue weighted by molar-refractivity contribution is 6.09. The second-order valence-corrected chi connectivity index (χ2v) is 5.64. The lowest BCUT2D eigenvalue weighted by atomic mass is 10.1. The van der Waals surface area contributed by atoms with E-state index in [1.54, 1.807) is 0 Å². The maximum Gasteiger partial charge on any atom is 0.0534 e. The van der Waals surface area contributed by atoms with Gasteiger partial charge >= 0.3 is 0 Å². The summed E-state index contributed by atoms with van der Waals surface area (Å²) in [6.07, 6.45) is 11.0. The normalized spacial score (nSPS) is 11.9. The van der Waals surface area contributed by atoms with Crippen molar-refractivity contribution in [3.8, 4) is 0 Å². The van der Waals surface area contributed by atoms with Crippen molar-refractivity contribution in [2.75, 3.05) is 0 Å². The van der Waals surface area contributed by atoms with E-state index in [2.05, 4.69) is 72.3 Å². The minimum atomic E-state index is 1.17. The van der Waals surface area contributed by atoms with Gasteiger partial charge in [-0.05, 0) is 25.0 Å². The molecule has 0 aliphatic heterocycles. The van der Waals surface area contributed by atoms with Crippen molar-refractivity contribution < 1.29 is 0 Å². The van der Waals surface area contributed by atoms with Gasteiger partial charge in [0.2, 0.25) is 0 Å². The molecule has 3 rings (SSSR count). The number of unbranched alkanes of at least 4 members (excludes halogenated alkanes) is 4. The Balaban J connectivity index is 1.91. The molecular formula is C20H23N. The average Bonchev–Trinajstić information content (AvgIpc) is 2.85. The molecule has 1 aromatic heterocycles. The molecule has 21 heavy (non-hydrogen) atoms. The Morgan fingerprint density at radius 3 is 2.05 bits per heavy atom. The van der Waals surface area contributed by atoms with Crippen molar-refractivity contribution in [3.05, 3.63) is 54.6 Å². The van der Waals surface area contributed by atoms with Crippen LogP contribution in [0.25, 0.3) is 28.0 Å². The van der Waals surface area contributed by atoms with Crippen LogP contribution in [0.3, 0.4) is 0 Å². The van der Waals surface area contributed by atoms with E-state index in [-0.39, 0.29) is 0 Å². The van der Waals surface area contributed by atoms with Crippen LogP contribution < -0.4 is 0 Å². The van der Waals surface area contributed by atoms with Crippen LogP contribution in [-0.2, 0) is 0 Å². The summed E-state index contributed by atoms with van der Waals surface area (Å²) in [7, 11) is 0. The molecule has 0 bridgehead atoms. The van der Waals surface area contributed by atoms with Gasteiger partial charge in [0.25, 0.3) is 0 Å². The molecule has 108 valence electrons. The first-order valence-electron chi connectivity index (χ1n) is 8.06. The SMILES string of the molecule is CCCCCC/C=C/n1c2ccccc2c2ccccc21. The monoisotopic (exact) mass is 277 g/mol. The predicted octanol–water partition coefficient (Wildman–Crippen LogP) is 6.24.